The van der Waals surface area contributed by atoms with Gasteiger partial charge in [0.15, 0.2) is 0 Å². The molecule has 1 aromatic rings. The van der Waals surface area contributed by atoms with Crippen LogP contribution in [0.2, 0.25) is 0 Å². The number of aliphatic hydroxyl groups excluding tert-OH is 1. The average Bonchev–Trinajstić information content (AvgIpc) is 2.68. The number of rotatable bonds is 5. The summed E-state index contributed by atoms with van der Waals surface area (Å²) in [5, 5.41) is 17.2. The average molecular weight is 468 g/mol. The van der Waals surface area contributed by atoms with Crippen LogP contribution in [-0.4, -0.2) is 37.0 Å². The fourth-order valence-electron chi connectivity index (χ4n) is 3.48. The molecular weight excluding hydrogens is 436 g/mol. The van der Waals surface area contributed by atoms with E-state index in [1.54, 1.807) is 12.3 Å². The summed E-state index contributed by atoms with van der Waals surface area (Å²) in [7, 11) is 1.41. The molecule has 1 aromatic carbocycles. The molecule has 1 saturated heterocycles. The molecule has 0 aliphatic carbocycles. The molecule has 29 heavy (non-hydrogen) atoms. The molecule has 1 heterocycles. The van der Waals surface area contributed by atoms with Gasteiger partial charge in [-0.15, -0.1) is 0 Å². The first-order chi connectivity index (χ1) is 13.5. The summed E-state index contributed by atoms with van der Waals surface area (Å²) >= 11 is 3.41. The Kier molecular flexibility index (Phi) is 10.0. The van der Waals surface area contributed by atoms with Crippen molar-refractivity contribution < 1.29 is 18.9 Å². The van der Waals surface area contributed by atoms with Crippen molar-refractivity contribution in [2.75, 3.05) is 13.2 Å². The van der Waals surface area contributed by atoms with Gasteiger partial charge in [0.05, 0.1) is 12.7 Å². The number of ether oxygens (including phenoxy) is 1. The maximum absolute atomic E-state index is 14.0. The third-order valence-corrected chi connectivity index (χ3v) is 6.38. The van der Waals surface area contributed by atoms with Gasteiger partial charge in [0.2, 0.25) is 0 Å². The first-order valence-corrected chi connectivity index (χ1v) is 10.7. The molecule has 1 aliphatic heterocycles. The van der Waals surface area contributed by atoms with Gasteiger partial charge in [0.1, 0.15) is 5.82 Å². The van der Waals surface area contributed by atoms with E-state index in [0.717, 1.165) is 28.3 Å². The van der Waals surface area contributed by atoms with Crippen molar-refractivity contribution in [3.63, 3.8) is 0 Å². The van der Waals surface area contributed by atoms with Crippen LogP contribution in [0.25, 0.3) is 0 Å². The standard InChI is InChI=1S/C14H18BrFO.C8H14BNO2/c1-9-6-10(2)17-8-14(9,3)12-7-11(15)4-5-13(12)16;1-4-7(9-12-6-10)8(2,3)5-11/h4-5,7,9-10H,6,8H2,1-3H3;11H,4-5H2,1-3H3. The molecule has 3 atom stereocenters. The Balaban J connectivity index is 0.000000311. The van der Waals surface area contributed by atoms with Gasteiger partial charge >= 0.3 is 73.1 Å². The first-order valence-electron chi connectivity index (χ1n) is 9.94. The summed E-state index contributed by atoms with van der Waals surface area (Å²) in [6.45, 7) is 12.8. The van der Waals surface area contributed by atoms with E-state index in [1.165, 1.54) is 13.2 Å². The van der Waals surface area contributed by atoms with Gasteiger partial charge in [-0.1, -0.05) is 29.8 Å². The molecule has 2 rings (SSSR count). The topological polar surface area (TPSA) is 62.5 Å². The zero-order valence-corrected chi connectivity index (χ0v) is 19.8. The molecule has 0 aromatic heterocycles. The molecule has 7 heteroatoms. The van der Waals surface area contributed by atoms with E-state index in [2.05, 4.69) is 41.4 Å². The van der Waals surface area contributed by atoms with Crippen molar-refractivity contribution in [2.24, 2.45) is 11.3 Å². The summed E-state index contributed by atoms with van der Waals surface area (Å²) in [6, 6.07) is 5.14. The van der Waals surface area contributed by atoms with E-state index in [9.17, 15) is 4.39 Å². The van der Waals surface area contributed by atoms with Crippen LogP contribution in [0, 0.1) is 28.7 Å². The molecule has 160 valence electrons. The van der Waals surface area contributed by atoms with Crippen LogP contribution in [0.5, 0.6) is 0 Å². The van der Waals surface area contributed by atoms with Gasteiger partial charge < -0.3 is 4.74 Å². The number of hydrogen-bond acceptors (Lipinski definition) is 4. The van der Waals surface area contributed by atoms with E-state index in [-0.39, 0.29) is 29.4 Å². The summed E-state index contributed by atoms with van der Waals surface area (Å²) in [4.78, 5) is 0. The Bertz CT molecular complexity index is 750. The van der Waals surface area contributed by atoms with Crippen LogP contribution in [0.4, 0.5) is 4.39 Å². The summed E-state index contributed by atoms with van der Waals surface area (Å²) in [5.41, 5.74) is 1.16. The minimum absolute atomic E-state index is 0.0570. The van der Waals surface area contributed by atoms with Crippen LogP contribution >= 0.6 is 15.9 Å². The van der Waals surface area contributed by atoms with Gasteiger partial charge in [-0.3, -0.25) is 0 Å². The van der Waals surface area contributed by atoms with Crippen LogP contribution in [0.1, 0.15) is 59.9 Å². The molecule has 1 aliphatic rings. The summed E-state index contributed by atoms with van der Waals surface area (Å²) in [6.07, 6.45) is 3.59. The minimum atomic E-state index is -0.300. The number of aliphatic hydroxyl groups is 1. The SMILES string of the molecule is CC1CC(C)C(C)(c2cc(Br)ccc2F)CO1.CCC(=BOC#N)C(C)(C)CO. The van der Waals surface area contributed by atoms with Crippen molar-refractivity contribution in [3.05, 3.63) is 34.1 Å². The molecule has 1 N–H and O–H groups in total. The molecule has 0 spiro atoms. The zero-order valence-electron chi connectivity index (χ0n) is 18.3. The van der Waals surface area contributed by atoms with Crippen molar-refractivity contribution in [3.8, 4) is 6.26 Å². The second-order valence-electron chi connectivity index (χ2n) is 8.55. The van der Waals surface area contributed by atoms with E-state index < -0.39 is 0 Å². The quantitative estimate of drug-likeness (QED) is 0.489. The van der Waals surface area contributed by atoms with Crippen molar-refractivity contribution in [1.29, 1.82) is 5.26 Å². The molecule has 0 amide bonds. The molecule has 1 fully saturated rings. The van der Waals surface area contributed by atoms with E-state index in [1.807, 2.05) is 26.8 Å². The van der Waals surface area contributed by atoms with E-state index in [4.69, 9.17) is 15.1 Å². The maximum atomic E-state index is 14.0. The van der Waals surface area contributed by atoms with Gasteiger partial charge in [-0.25, -0.2) is 4.39 Å². The van der Waals surface area contributed by atoms with Crippen LogP contribution in [-0.2, 0) is 14.8 Å². The summed E-state index contributed by atoms with van der Waals surface area (Å²) < 4.78 is 25.1. The van der Waals surface area contributed by atoms with Gasteiger partial charge in [0.25, 0.3) is 0 Å². The van der Waals surface area contributed by atoms with Crippen LogP contribution in [0.15, 0.2) is 22.7 Å². The number of hydrogen-bond donors (Lipinski definition) is 1. The fraction of sp³-hybridized carbons (Fsp3) is 0.636. The Hall–Kier alpha value is -1.23. The predicted molar refractivity (Wildman–Crippen MR) is 119 cm³/mol. The van der Waals surface area contributed by atoms with E-state index in [0.29, 0.717) is 12.5 Å². The third-order valence-electron chi connectivity index (χ3n) is 5.88. The predicted octanol–water partition coefficient (Wildman–Crippen LogP) is 4.99. The fourth-order valence-corrected chi connectivity index (χ4v) is 3.84. The second-order valence-corrected chi connectivity index (χ2v) is 9.46. The Morgan fingerprint density at radius 1 is 1.48 bits per heavy atom. The molecule has 0 saturated carbocycles. The van der Waals surface area contributed by atoms with Gasteiger partial charge in [-0.2, -0.15) is 0 Å². The van der Waals surface area contributed by atoms with Crippen LogP contribution < -0.4 is 0 Å². The molecule has 0 radical (unpaired) electrons. The number of benzene rings is 1. The number of nitriles is 1. The molecule has 0 bridgehead atoms. The number of nitrogens with zero attached hydrogens (tertiary/aromatic N) is 1. The van der Waals surface area contributed by atoms with Crippen molar-refractivity contribution in [1.82, 2.24) is 0 Å². The zero-order chi connectivity index (χ0) is 22.2. The van der Waals surface area contributed by atoms with Crippen molar-refractivity contribution >= 4 is 28.5 Å². The third kappa shape index (κ3) is 6.91. The Labute approximate surface area is 183 Å². The monoisotopic (exact) mass is 467 g/mol. The van der Waals surface area contributed by atoms with Gasteiger partial charge in [-0.05, 0) is 43.0 Å². The Morgan fingerprint density at radius 2 is 2.14 bits per heavy atom. The normalized spacial score (nSPS) is 24.6. The molecule has 3 unspecified atom stereocenters. The first kappa shape index (κ1) is 25.8. The Morgan fingerprint density at radius 3 is 2.66 bits per heavy atom. The van der Waals surface area contributed by atoms with Crippen molar-refractivity contribution in [2.45, 2.75) is 65.9 Å². The molecule has 4 nitrogen and oxygen atoms in total. The van der Waals surface area contributed by atoms with Crippen LogP contribution in [0.3, 0.4) is 0 Å². The number of halogens is 2. The van der Waals surface area contributed by atoms with Gasteiger partial charge in [0, 0.05) is 9.89 Å². The second kappa shape index (κ2) is 11.2. The molecular formula is C22H32BBrFNO3. The van der Waals surface area contributed by atoms with E-state index >= 15 is 0 Å². The summed E-state index contributed by atoms with van der Waals surface area (Å²) in [5.74, 6) is 0.274.